The van der Waals surface area contributed by atoms with Crippen molar-refractivity contribution < 1.29 is 13.2 Å². The summed E-state index contributed by atoms with van der Waals surface area (Å²) in [5.74, 6) is 0.977. The van der Waals surface area contributed by atoms with Gasteiger partial charge in [-0.05, 0) is 43.7 Å². The zero-order valence-electron chi connectivity index (χ0n) is 10.3. The largest absolute Gasteiger partial charge is 0.416 e. The van der Waals surface area contributed by atoms with E-state index in [1.165, 1.54) is 0 Å². The van der Waals surface area contributed by atoms with Crippen LogP contribution in [0.1, 0.15) is 31.2 Å². The monoisotopic (exact) mass is 290 g/mol. The van der Waals surface area contributed by atoms with Crippen LogP contribution < -0.4 is 4.90 Å². The quantitative estimate of drug-likeness (QED) is 0.775. The Bertz CT molecular complexity index is 481. The van der Waals surface area contributed by atoms with Gasteiger partial charge in [0.25, 0.3) is 0 Å². The molecule has 0 aliphatic heterocycles. The Balaban J connectivity index is 1.90. The average molecular weight is 291 g/mol. The first-order valence-electron chi connectivity index (χ1n) is 6.45. The van der Waals surface area contributed by atoms with E-state index in [2.05, 4.69) is 4.98 Å². The number of hydrogen-bond donors (Lipinski definition) is 0. The molecule has 2 aliphatic carbocycles. The summed E-state index contributed by atoms with van der Waals surface area (Å²) < 4.78 is 38.4. The maximum absolute atomic E-state index is 12.8. The molecule has 0 spiro atoms. The van der Waals surface area contributed by atoms with Crippen molar-refractivity contribution in [1.29, 1.82) is 0 Å². The van der Waals surface area contributed by atoms with Gasteiger partial charge < -0.3 is 4.90 Å². The van der Waals surface area contributed by atoms with Gasteiger partial charge in [0.15, 0.2) is 0 Å². The van der Waals surface area contributed by atoms with Gasteiger partial charge in [-0.15, -0.1) is 0 Å². The van der Waals surface area contributed by atoms with Crippen molar-refractivity contribution in [2.45, 2.75) is 37.9 Å². The molecule has 2 fully saturated rings. The fourth-order valence-electron chi connectivity index (χ4n) is 2.19. The summed E-state index contributed by atoms with van der Waals surface area (Å²) in [6.45, 7) is 0.801. The number of anilines is 1. The normalized spacial score (nSPS) is 19.6. The molecule has 0 amide bonds. The number of pyridine rings is 1. The van der Waals surface area contributed by atoms with Crippen molar-refractivity contribution in [3.63, 3.8) is 0 Å². The molecule has 0 saturated heterocycles. The zero-order chi connectivity index (χ0) is 13.6. The van der Waals surface area contributed by atoms with Crippen LogP contribution in [0.3, 0.4) is 0 Å². The van der Waals surface area contributed by atoms with Crippen molar-refractivity contribution in [1.82, 2.24) is 4.98 Å². The Labute approximate surface area is 114 Å². The van der Waals surface area contributed by atoms with Crippen molar-refractivity contribution in [3.05, 3.63) is 22.8 Å². The van der Waals surface area contributed by atoms with Crippen molar-refractivity contribution in [3.8, 4) is 0 Å². The van der Waals surface area contributed by atoms with Gasteiger partial charge >= 0.3 is 6.18 Å². The van der Waals surface area contributed by atoms with E-state index in [1.54, 1.807) is 0 Å². The second-order valence-corrected chi connectivity index (χ2v) is 5.75. The minimum absolute atomic E-state index is 0.0914. The van der Waals surface area contributed by atoms with Crippen molar-refractivity contribution in [2.24, 2.45) is 5.92 Å². The van der Waals surface area contributed by atoms with Crippen LogP contribution in [-0.2, 0) is 6.18 Å². The SMILES string of the molecule is FC(F)(F)c1cc(Cl)nc(N(CC2CC2)C2CC2)c1. The number of nitrogens with zero attached hydrogens (tertiary/aromatic N) is 2. The molecule has 19 heavy (non-hydrogen) atoms. The van der Waals surface area contributed by atoms with Gasteiger partial charge in [0.05, 0.1) is 5.56 Å². The van der Waals surface area contributed by atoms with E-state index < -0.39 is 11.7 Å². The number of alkyl halides is 3. The molecule has 0 radical (unpaired) electrons. The van der Waals surface area contributed by atoms with Crippen LogP contribution >= 0.6 is 11.6 Å². The number of rotatable bonds is 4. The third-order valence-corrected chi connectivity index (χ3v) is 3.74. The highest BCUT2D eigenvalue weighted by molar-refractivity contribution is 6.29. The van der Waals surface area contributed by atoms with Gasteiger partial charge in [-0.25, -0.2) is 4.98 Å². The van der Waals surface area contributed by atoms with Crippen LogP contribution in [0.15, 0.2) is 12.1 Å². The highest BCUT2D eigenvalue weighted by atomic mass is 35.5. The minimum atomic E-state index is -4.38. The van der Waals surface area contributed by atoms with E-state index in [0.717, 1.165) is 44.4 Å². The Morgan fingerprint density at radius 3 is 2.42 bits per heavy atom. The molecule has 2 nitrogen and oxygen atoms in total. The van der Waals surface area contributed by atoms with E-state index in [1.807, 2.05) is 4.90 Å². The van der Waals surface area contributed by atoms with Gasteiger partial charge in [0, 0.05) is 12.6 Å². The van der Waals surface area contributed by atoms with E-state index in [9.17, 15) is 13.2 Å². The highest BCUT2D eigenvalue weighted by Gasteiger charge is 2.37. The lowest BCUT2D eigenvalue weighted by Gasteiger charge is -2.24. The topological polar surface area (TPSA) is 16.1 Å². The smallest absolute Gasteiger partial charge is 0.353 e. The summed E-state index contributed by atoms with van der Waals surface area (Å²) in [5, 5.41) is -0.0914. The van der Waals surface area contributed by atoms with Gasteiger partial charge in [-0.1, -0.05) is 11.6 Å². The van der Waals surface area contributed by atoms with Gasteiger partial charge in [-0.3, -0.25) is 0 Å². The first kappa shape index (κ1) is 13.0. The molecule has 0 unspecified atom stereocenters. The molecular weight excluding hydrogens is 277 g/mol. The summed E-state index contributed by atoms with van der Waals surface area (Å²) >= 11 is 5.74. The molecule has 0 bridgehead atoms. The van der Waals surface area contributed by atoms with Crippen LogP contribution in [0.4, 0.5) is 19.0 Å². The molecule has 6 heteroatoms. The van der Waals surface area contributed by atoms with Crippen molar-refractivity contribution >= 4 is 17.4 Å². The second kappa shape index (κ2) is 4.54. The van der Waals surface area contributed by atoms with E-state index in [4.69, 9.17) is 11.6 Å². The Morgan fingerprint density at radius 2 is 1.89 bits per heavy atom. The number of aromatic nitrogens is 1. The summed E-state index contributed by atoms with van der Waals surface area (Å²) in [5.41, 5.74) is -0.719. The molecule has 1 aromatic heterocycles. The van der Waals surface area contributed by atoms with E-state index in [0.29, 0.717) is 17.8 Å². The fraction of sp³-hybridized carbons (Fsp3) is 0.615. The molecule has 1 heterocycles. The molecule has 0 aromatic carbocycles. The maximum atomic E-state index is 12.8. The van der Waals surface area contributed by atoms with Crippen LogP contribution in [0.25, 0.3) is 0 Å². The minimum Gasteiger partial charge on any atom is -0.353 e. The number of hydrogen-bond acceptors (Lipinski definition) is 2. The van der Waals surface area contributed by atoms with Gasteiger partial charge in [0.2, 0.25) is 0 Å². The summed E-state index contributed by atoms with van der Waals surface area (Å²) in [4.78, 5) is 6.08. The number of halogens is 4. The lowest BCUT2D eigenvalue weighted by atomic mass is 10.2. The maximum Gasteiger partial charge on any atom is 0.416 e. The average Bonchev–Trinajstić information content (AvgIpc) is 3.17. The molecule has 104 valence electrons. The summed E-state index contributed by atoms with van der Waals surface area (Å²) in [6, 6.07) is 2.34. The van der Waals surface area contributed by atoms with Crippen LogP contribution in [0.5, 0.6) is 0 Å². The Kier molecular flexibility index (Phi) is 3.12. The molecule has 2 aliphatic rings. The molecule has 2 saturated carbocycles. The first-order valence-corrected chi connectivity index (χ1v) is 6.83. The third kappa shape index (κ3) is 3.14. The third-order valence-electron chi connectivity index (χ3n) is 3.54. The van der Waals surface area contributed by atoms with Crippen molar-refractivity contribution in [2.75, 3.05) is 11.4 Å². The standard InChI is InChI=1S/C13H14ClF3N2/c14-11-5-9(13(15,16)17)6-12(18-11)19(10-3-4-10)7-8-1-2-8/h5-6,8,10H,1-4,7H2. The zero-order valence-corrected chi connectivity index (χ0v) is 11.0. The van der Waals surface area contributed by atoms with Crippen LogP contribution in [0, 0.1) is 5.92 Å². The molecule has 0 atom stereocenters. The first-order chi connectivity index (χ1) is 8.93. The molecule has 1 aromatic rings. The van der Waals surface area contributed by atoms with Gasteiger partial charge in [0.1, 0.15) is 11.0 Å². The van der Waals surface area contributed by atoms with Gasteiger partial charge in [-0.2, -0.15) is 13.2 Å². The lowest BCUT2D eigenvalue weighted by molar-refractivity contribution is -0.137. The van der Waals surface area contributed by atoms with E-state index >= 15 is 0 Å². The van der Waals surface area contributed by atoms with Crippen LogP contribution in [0.2, 0.25) is 5.15 Å². The van der Waals surface area contributed by atoms with E-state index in [-0.39, 0.29) is 5.15 Å². The Hall–Kier alpha value is -0.970. The second-order valence-electron chi connectivity index (χ2n) is 5.36. The predicted molar refractivity (Wildman–Crippen MR) is 67.3 cm³/mol. The van der Waals surface area contributed by atoms with Crippen LogP contribution in [-0.4, -0.2) is 17.6 Å². The molecule has 0 N–H and O–H groups in total. The summed E-state index contributed by atoms with van der Waals surface area (Å²) in [7, 11) is 0. The highest BCUT2D eigenvalue weighted by Crippen LogP contribution is 2.39. The molecule has 3 rings (SSSR count). The Morgan fingerprint density at radius 1 is 1.21 bits per heavy atom. The fourth-order valence-corrected chi connectivity index (χ4v) is 2.39. The molecular formula is C13H14ClF3N2. The predicted octanol–water partition coefficient (Wildman–Crippen LogP) is 4.13. The summed E-state index contributed by atoms with van der Waals surface area (Å²) in [6.07, 6.45) is 0.00644. The lowest BCUT2D eigenvalue weighted by Crippen LogP contribution is -2.29.